The predicted octanol–water partition coefficient (Wildman–Crippen LogP) is 6.13. The Morgan fingerprint density at radius 2 is 1.30 bits per heavy atom. The second-order valence-electron chi connectivity index (χ2n) is 6.34. The van der Waals surface area contributed by atoms with E-state index in [-0.39, 0.29) is 6.42 Å². The van der Waals surface area contributed by atoms with Gasteiger partial charge in [0.25, 0.3) is 0 Å². The number of hydrogen-bond donors (Lipinski definition) is 1. The molecule has 0 spiro atoms. The lowest BCUT2D eigenvalue weighted by atomic mass is 10.1. The van der Waals surface area contributed by atoms with Gasteiger partial charge < -0.3 is 9.84 Å². The molecular formula is C20H38O3. The van der Waals surface area contributed by atoms with Gasteiger partial charge in [-0.3, -0.25) is 4.79 Å². The Morgan fingerprint density at radius 1 is 0.783 bits per heavy atom. The van der Waals surface area contributed by atoms with E-state index in [1.165, 1.54) is 64.2 Å². The van der Waals surface area contributed by atoms with Gasteiger partial charge >= 0.3 is 5.97 Å². The third-order valence-electron chi connectivity index (χ3n) is 3.98. The molecule has 0 amide bonds. The molecule has 0 aromatic heterocycles. The van der Waals surface area contributed by atoms with Crippen molar-refractivity contribution in [3.63, 3.8) is 0 Å². The zero-order valence-corrected chi connectivity index (χ0v) is 15.2. The first kappa shape index (κ1) is 22.2. The molecule has 136 valence electrons. The van der Waals surface area contributed by atoms with Crippen molar-refractivity contribution in [1.82, 2.24) is 0 Å². The first-order valence-electron chi connectivity index (χ1n) is 9.72. The molecule has 0 aliphatic carbocycles. The maximum atomic E-state index is 10.3. The summed E-state index contributed by atoms with van der Waals surface area (Å²) in [5.74, 6) is -0.695. The first-order valence-corrected chi connectivity index (χ1v) is 9.72. The van der Waals surface area contributed by atoms with Gasteiger partial charge in [0.05, 0.1) is 0 Å². The van der Waals surface area contributed by atoms with Crippen LogP contribution in [0.5, 0.6) is 0 Å². The van der Waals surface area contributed by atoms with Crippen LogP contribution in [0.15, 0.2) is 12.2 Å². The average molecular weight is 327 g/mol. The lowest BCUT2D eigenvalue weighted by molar-refractivity contribution is -0.137. The number of carbonyl (C=O) groups is 1. The van der Waals surface area contributed by atoms with Gasteiger partial charge in [0.15, 0.2) is 0 Å². The molecule has 0 aromatic rings. The summed E-state index contributed by atoms with van der Waals surface area (Å²) in [7, 11) is 0. The van der Waals surface area contributed by atoms with Crippen molar-refractivity contribution >= 4 is 5.97 Å². The maximum Gasteiger partial charge on any atom is 0.303 e. The van der Waals surface area contributed by atoms with Crippen LogP contribution in [0.4, 0.5) is 0 Å². The third kappa shape index (κ3) is 21.2. The van der Waals surface area contributed by atoms with Gasteiger partial charge in [-0.1, -0.05) is 64.0 Å². The fourth-order valence-corrected chi connectivity index (χ4v) is 2.51. The van der Waals surface area contributed by atoms with Crippen molar-refractivity contribution in [3.8, 4) is 0 Å². The summed E-state index contributed by atoms with van der Waals surface area (Å²) in [6.45, 7) is 4.11. The van der Waals surface area contributed by atoms with Gasteiger partial charge in [0.1, 0.15) is 0 Å². The maximum absolute atomic E-state index is 10.3. The standard InChI is InChI=1S/C20H38O3/c1-2-3-4-12-15-18-23-19-16-13-10-8-6-5-7-9-11-14-17-20(21)22/h7,9H,2-6,8,10-19H2,1H3,(H,21,22)/b9-7-. The molecule has 0 saturated heterocycles. The van der Waals surface area contributed by atoms with E-state index in [0.29, 0.717) is 0 Å². The van der Waals surface area contributed by atoms with E-state index >= 15 is 0 Å². The highest BCUT2D eigenvalue weighted by Gasteiger charge is 1.94. The highest BCUT2D eigenvalue weighted by molar-refractivity contribution is 5.66. The lowest BCUT2D eigenvalue weighted by Gasteiger charge is -2.04. The molecular weight excluding hydrogens is 288 g/mol. The van der Waals surface area contributed by atoms with Crippen LogP contribution in [0, 0.1) is 0 Å². The molecule has 0 fully saturated rings. The van der Waals surface area contributed by atoms with Crippen LogP contribution in [-0.2, 0) is 9.53 Å². The summed E-state index contributed by atoms with van der Waals surface area (Å²) >= 11 is 0. The van der Waals surface area contributed by atoms with Crippen LogP contribution in [0.1, 0.15) is 96.8 Å². The summed E-state index contributed by atoms with van der Waals surface area (Å²) in [6, 6.07) is 0. The van der Waals surface area contributed by atoms with E-state index in [2.05, 4.69) is 19.1 Å². The van der Waals surface area contributed by atoms with Crippen molar-refractivity contribution < 1.29 is 14.6 Å². The molecule has 0 aliphatic heterocycles. The van der Waals surface area contributed by atoms with Crippen LogP contribution in [-0.4, -0.2) is 24.3 Å². The van der Waals surface area contributed by atoms with Crippen LogP contribution >= 0.6 is 0 Å². The Morgan fingerprint density at radius 3 is 1.91 bits per heavy atom. The monoisotopic (exact) mass is 326 g/mol. The lowest BCUT2D eigenvalue weighted by Crippen LogP contribution is -1.97. The van der Waals surface area contributed by atoms with Gasteiger partial charge in [-0.05, 0) is 38.5 Å². The highest BCUT2D eigenvalue weighted by Crippen LogP contribution is 2.07. The minimum Gasteiger partial charge on any atom is -0.481 e. The van der Waals surface area contributed by atoms with Gasteiger partial charge in [-0.2, -0.15) is 0 Å². The molecule has 0 heterocycles. The second kappa shape index (κ2) is 19.2. The van der Waals surface area contributed by atoms with Crippen LogP contribution < -0.4 is 0 Å². The fraction of sp³-hybridized carbons (Fsp3) is 0.850. The van der Waals surface area contributed by atoms with E-state index in [1.54, 1.807) is 0 Å². The second-order valence-corrected chi connectivity index (χ2v) is 6.34. The number of carboxylic acid groups (broad SMARTS) is 1. The van der Waals surface area contributed by atoms with Crippen LogP contribution in [0.2, 0.25) is 0 Å². The van der Waals surface area contributed by atoms with E-state index < -0.39 is 5.97 Å². The molecule has 0 unspecified atom stereocenters. The van der Waals surface area contributed by atoms with Crippen molar-refractivity contribution in [1.29, 1.82) is 0 Å². The number of aliphatic carboxylic acids is 1. The molecule has 0 rings (SSSR count). The summed E-state index contributed by atoms with van der Waals surface area (Å²) in [5.41, 5.74) is 0. The van der Waals surface area contributed by atoms with E-state index in [4.69, 9.17) is 9.84 Å². The largest absolute Gasteiger partial charge is 0.481 e. The molecule has 0 aromatic carbocycles. The number of carboxylic acids is 1. The number of hydrogen-bond acceptors (Lipinski definition) is 2. The topological polar surface area (TPSA) is 46.5 Å². The van der Waals surface area contributed by atoms with Crippen molar-refractivity contribution in [2.24, 2.45) is 0 Å². The summed E-state index contributed by atoms with van der Waals surface area (Å²) in [4.78, 5) is 10.3. The smallest absolute Gasteiger partial charge is 0.303 e. The van der Waals surface area contributed by atoms with Crippen LogP contribution in [0.3, 0.4) is 0 Å². The molecule has 0 saturated carbocycles. The molecule has 1 N–H and O–H groups in total. The Hall–Kier alpha value is -0.830. The summed E-state index contributed by atoms with van der Waals surface area (Å²) in [5, 5.41) is 8.52. The van der Waals surface area contributed by atoms with Crippen molar-refractivity contribution in [2.75, 3.05) is 13.2 Å². The molecule has 0 bridgehead atoms. The molecule has 3 heteroatoms. The highest BCUT2D eigenvalue weighted by atomic mass is 16.5. The van der Waals surface area contributed by atoms with Crippen LogP contribution in [0.25, 0.3) is 0 Å². The zero-order chi connectivity index (χ0) is 17.0. The quantitative estimate of drug-likeness (QED) is 0.243. The zero-order valence-electron chi connectivity index (χ0n) is 15.2. The molecule has 0 aliphatic rings. The number of allylic oxidation sites excluding steroid dienone is 2. The van der Waals surface area contributed by atoms with Gasteiger partial charge in [-0.25, -0.2) is 0 Å². The Labute approximate surface area is 143 Å². The van der Waals surface area contributed by atoms with Gasteiger partial charge in [-0.15, -0.1) is 0 Å². The van der Waals surface area contributed by atoms with Crippen molar-refractivity contribution in [3.05, 3.63) is 12.2 Å². The Bertz CT molecular complexity index is 274. The van der Waals surface area contributed by atoms with E-state index in [0.717, 1.165) is 32.5 Å². The molecule has 0 atom stereocenters. The third-order valence-corrected chi connectivity index (χ3v) is 3.98. The predicted molar refractivity (Wildman–Crippen MR) is 97.9 cm³/mol. The Kier molecular flexibility index (Phi) is 18.5. The summed E-state index contributed by atoms with van der Waals surface area (Å²) < 4.78 is 5.66. The fourth-order valence-electron chi connectivity index (χ4n) is 2.51. The van der Waals surface area contributed by atoms with Gasteiger partial charge in [0, 0.05) is 19.6 Å². The Balaban J connectivity index is 3.05. The molecule has 0 radical (unpaired) electrons. The van der Waals surface area contributed by atoms with Crippen molar-refractivity contribution in [2.45, 2.75) is 96.8 Å². The van der Waals surface area contributed by atoms with E-state index in [9.17, 15) is 4.79 Å². The molecule has 23 heavy (non-hydrogen) atoms. The SMILES string of the molecule is CCCCCCCOCCCCCCC/C=C\CCCC(=O)O. The van der Waals surface area contributed by atoms with E-state index in [1.807, 2.05) is 0 Å². The minimum absolute atomic E-state index is 0.283. The number of rotatable bonds is 18. The normalized spacial score (nSPS) is 11.3. The minimum atomic E-state index is -0.695. The molecule has 3 nitrogen and oxygen atoms in total. The first-order chi connectivity index (χ1) is 11.3. The summed E-state index contributed by atoms with van der Waals surface area (Å²) in [6.07, 6.45) is 20.2. The number of unbranched alkanes of at least 4 members (excludes halogenated alkanes) is 10. The average Bonchev–Trinajstić information content (AvgIpc) is 2.53. The number of ether oxygens (including phenoxy) is 1. The van der Waals surface area contributed by atoms with Gasteiger partial charge in [0.2, 0.25) is 0 Å².